The van der Waals surface area contributed by atoms with Gasteiger partial charge in [-0.05, 0) is 97.1 Å². The summed E-state index contributed by atoms with van der Waals surface area (Å²) in [4.78, 5) is 63.3. The fraction of sp³-hybridized carbons (Fsp3) is 0.0769. The van der Waals surface area contributed by atoms with Gasteiger partial charge in [-0.1, -0.05) is 70.7 Å². The Hall–Kier alpha value is -8.28. The van der Waals surface area contributed by atoms with E-state index in [1.807, 2.05) is 0 Å². The van der Waals surface area contributed by atoms with Gasteiger partial charge in [0.05, 0.1) is 48.5 Å². The zero-order valence-electron chi connectivity index (χ0n) is 38.7. The molecule has 4 amide bonds. The predicted molar refractivity (Wildman–Crippen MR) is 281 cm³/mol. The Kier molecular flexibility index (Phi) is 21.6. The van der Waals surface area contributed by atoms with Crippen LogP contribution in [0.4, 0.5) is 22.7 Å². The molecule has 0 atom stereocenters. The van der Waals surface area contributed by atoms with Crippen LogP contribution in [0, 0.1) is 0 Å². The third kappa shape index (κ3) is 17.0. The molecule has 0 radical (unpaired) electrons. The number of benzene rings is 4. The van der Waals surface area contributed by atoms with Crippen LogP contribution in [0.25, 0.3) is 0 Å². The lowest BCUT2D eigenvalue weighted by Crippen LogP contribution is -2.13. The lowest BCUT2D eigenvalue weighted by molar-refractivity contribution is 0.101. The highest BCUT2D eigenvalue weighted by molar-refractivity contribution is 6.33. The van der Waals surface area contributed by atoms with E-state index in [9.17, 15) is 19.2 Å². The van der Waals surface area contributed by atoms with Gasteiger partial charge >= 0.3 is 0 Å². The lowest BCUT2D eigenvalue weighted by Gasteiger charge is -2.07. The first kappa shape index (κ1) is 54.7. The summed E-state index contributed by atoms with van der Waals surface area (Å²) >= 11 is 23.6. The van der Waals surface area contributed by atoms with E-state index in [1.165, 1.54) is 28.4 Å². The fourth-order valence-electron chi connectivity index (χ4n) is 5.72. The summed E-state index contributed by atoms with van der Waals surface area (Å²) in [6, 6.07) is 40.7. The number of rotatable bonds is 12. The zero-order valence-corrected chi connectivity index (χ0v) is 41.8. The Morgan fingerprint density at radius 2 is 0.542 bits per heavy atom. The van der Waals surface area contributed by atoms with Crippen molar-refractivity contribution >= 4 is 92.8 Å². The first-order valence-corrected chi connectivity index (χ1v) is 22.6. The topological polar surface area (TPSA) is 205 Å². The average molecular weight is 1050 g/mol. The summed E-state index contributed by atoms with van der Waals surface area (Å²) in [7, 11) is 6.08. The number of amides is 4. The number of ether oxygens (including phenoxy) is 4. The van der Waals surface area contributed by atoms with Crippen molar-refractivity contribution < 1.29 is 38.1 Å². The normalized spacial score (nSPS) is 9.89. The lowest BCUT2D eigenvalue weighted by atomic mass is 10.2. The SMILES string of the molecule is COc1cc(NC(=O)c2ccccn2)ccc1Cl.COc1cc(NC(=O)c2ccccn2)ccc1Cl.COc1cc(NC(=O)c2ccccn2)ccc1Cl.COc1cc(NC(=O)c2ccccn2)ccc1Cl. The Bertz CT molecular complexity index is 2640. The van der Waals surface area contributed by atoms with E-state index in [2.05, 4.69) is 41.2 Å². The summed E-state index contributed by atoms with van der Waals surface area (Å²) in [6.45, 7) is 0. The van der Waals surface area contributed by atoms with Crippen LogP contribution in [0.1, 0.15) is 42.0 Å². The monoisotopic (exact) mass is 1050 g/mol. The second-order valence-corrected chi connectivity index (χ2v) is 15.7. The van der Waals surface area contributed by atoms with Crippen LogP contribution < -0.4 is 40.2 Å². The number of aromatic nitrogens is 4. The molecule has 4 aromatic heterocycles. The minimum absolute atomic E-state index is 0.278. The molecule has 4 heterocycles. The Labute approximate surface area is 434 Å². The first-order chi connectivity index (χ1) is 34.8. The molecule has 368 valence electrons. The molecule has 0 fully saturated rings. The van der Waals surface area contributed by atoms with Crippen molar-refractivity contribution in [1.29, 1.82) is 0 Å². The molecule has 0 aliphatic carbocycles. The quantitative estimate of drug-likeness (QED) is 0.0902. The smallest absolute Gasteiger partial charge is 0.274 e. The van der Waals surface area contributed by atoms with Crippen molar-refractivity contribution in [2.45, 2.75) is 0 Å². The highest BCUT2D eigenvalue weighted by atomic mass is 35.5. The Balaban J connectivity index is 0.000000178. The first-order valence-electron chi connectivity index (χ1n) is 21.1. The minimum atomic E-state index is -0.278. The van der Waals surface area contributed by atoms with Gasteiger partial charge in [-0.15, -0.1) is 0 Å². The maximum Gasteiger partial charge on any atom is 0.274 e. The molecule has 0 unspecified atom stereocenters. The second kappa shape index (κ2) is 28.4. The molecule has 0 saturated carbocycles. The number of anilines is 4. The molecule has 72 heavy (non-hydrogen) atoms. The van der Waals surface area contributed by atoms with Gasteiger partial charge in [-0.2, -0.15) is 0 Å². The number of nitrogens with one attached hydrogen (secondary N) is 4. The van der Waals surface area contributed by atoms with Gasteiger partial charge in [-0.3, -0.25) is 39.1 Å². The summed E-state index contributed by atoms with van der Waals surface area (Å²) in [6.07, 6.45) is 6.27. The Morgan fingerprint density at radius 3 is 0.708 bits per heavy atom. The molecule has 0 bridgehead atoms. The number of hydrogen-bond acceptors (Lipinski definition) is 12. The third-order valence-corrected chi connectivity index (χ3v) is 10.5. The standard InChI is InChI=1S/4C13H11ClN2O2/c4*1-18-12-8-9(5-6-10(12)14)16-13(17)11-4-2-3-7-15-11/h4*2-8H,1H3,(H,16,17). The van der Waals surface area contributed by atoms with Crippen LogP contribution in [0.15, 0.2) is 170 Å². The molecule has 4 aromatic carbocycles. The maximum absolute atomic E-state index is 11.9. The van der Waals surface area contributed by atoms with E-state index in [1.54, 1.807) is 170 Å². The summed E-state index contributed by atoms with van der Waals surface area (Å²) < 4.78 is 20.3. The molecule has 20 heteroatoms. The minimum Gasteiger partial charge on any atom is -0.495 e. The van der Waals surface area contributed by atoms with Gasteiger partial charge in [0.15, 0.2) is 0 Å². The number of hydrogen-bond donors (Lipinski definition) is 4. The molecule has 16 nitrogen and oxygen atoms in total. The van der Waals surface area contributed by atoms with E-state index >= 15 is 0 Å². The van der Waals surface area contributed by atoms with Gasteiger partial charge < -0.3 is 40.2 Å². The van der Waals surface area contributed by atoms with Crippen molar-refractivity contribution in [2.24, 2.45) is 0 Å². The molecule has 0 spiro atoms. The van der Waals surface area contributed by atoms with Crippen molar-refractivity contribution in [2.75, 3.05) is 49.7 Å². The van der Waals surface area contributed by atoms with Gasteiger partial charge in [0.25, 0.3) is 23.6 Å². The van der Waals surface area contributed by atoms with Gasteiger partial charge in [0, 0.05) is 71.8 Å². The molecular formula is C52H44Cl4N8O8. The number of carbonyl (C=O) groups is 4. The molecule has 8 rings (SSSR count). The highest BCUT2D eigenvalue weighted by Crippen LogP contribution is 2.30. The van der Waals surface area contributed by atoms with Crippen LogP contribution in [-0.4, -0.2) is 72.0 Å². The number of nitrogens with zero attached hydrogens (tertiary/aromatic N) is 4. The van der Waals surface area contributed by atoms with Gasteiger partial charge in [0.2, 0.25) is 0 Å². The Morgan fingerprint density at radius 1 is 0.333 bits per heavy atom. The van der Waals surface area contributed by atoms with E-state index in [4.69, 9.17) is 65.4 Å². The van der Waals surface area contributed by atoms with Gasteiger partial charge in [-0.25, -0.2) is 0 Å². The maximum atomic E-state index is 11.9. The van der Waals surface area contributed by atoms with Crippen LogP contribution in [0.3, 0.4) is 0 Å². The number of halogens is 4. The van der Waals surface area contributed by atoms with E-state index < -0.39 is 0 Å². The third-order valence-electron chi connectivity index (χ3n) is 9.23. The second-order valence-electron chi connectivity index (χ2n) is 14.1. The highest BCUT2D eigenvalue weighted by Gasteiger charge is 2.12. The van der Waals surface area contributed by atoms with Crippen molar-refractivity contribution in [1.82, 2.24) is 19.9 Å². The molecule has 0 aliphatic rings. The van der Waals surface area contributed by atoms with E-state index in [-0.39, 0.29) is 23.6 Å². The molecule has 4 N–H and O–H groups in total. The van der Waals surface area contributed by atoms with Crippen molar-refractivity contribution in [3.63, 3.8) is 0 Å². The number of carbonyl (C=O) groups excluding carboxylic acids is 4. The van der Waals surface area contributed by atoms with Crippen LogP contribution in [0.5, 0.6) is 23.0 Å². The van der Waals surface area contributed by atoms with Gasteiger partial charge in [0.1, 0.15) is 45.8 Å². The molecule has 8 aromatic rings. The van der Waals surface area contributed by atoms with Crippen LogP contribution >= 0.6 is 46.4 Å². The zero-order chi connectivity index (χ0) is 51.8. The molecule has 0 aliphatic heterocycles. The summed E-state index contributed by atoms with van der Waals surface area (Å²) in [5.41, 5.74) is 3.83. The molecular weight excluding hydrogens is 1010 g/mol. The average Bonchev–Trinajstić information content (AvgIpc) is 3.42. The number of pyridine rings is 4. The van der Waals surface area contributed by atoms with Crippen molar-refractivity contribution in [3.8, 4) is 23.0 Å². The largest absolute Gasteiger partial charge is 0.495 e. The van der Waals surface area contributed by atoms with E-state index in [0.717, 1.165) is 0 Å². The number of methoxy groups -OCH3 is 4. The van der Waals surface area contributed by atoms with Crippen molar-refractivity contribution in [3.05, 3.63) is 213 Å². The fourth-order valence-corrected chi connectivity index (χ4v) is 6.50. The molecule has 0 saturated heterocycles. The van der Waals surface area contributed by atoms with E-state index in [0.29, 0.717) is 88.6 Å². The van der Waals surface area contributed by atoms with Crippen LogP contribution in [0.2, 0.25) is 20.1 Å². The van der Waals surface area contributed by atoms with Crippen LogP contribution in [-0.2, 0) is 0 Å². The summed E-state index contributed by atoms with van der Waals surface area (Å²) in [5.74, 6) is 0.928. The predicted octanol–water partition coefficient (Wildman–Crippen LogP) is 12.0. The summed E-state index contributed by atoms with van der Waals surface area (Å²) in [5, 5.41) is 12.9.